The van der Waals surface area contributed by atoms with Crippen LogP contribution in [0.2, 0.25) is 0 Å². The summed E-state index contributed by atoms with van der Waals surface area (Å²) in [7, 11) is 3.09. The van der Waals surface area contributed by atoms with Crippen molar-refractivity contribution in [3.05, 3.63) is 64.9 Å². The molecule has 1 atom stereocenters. The van der Waals surface area contributed by atoms with Crippen molar-refractivity contribution in [3.63, 3.8) is 0 Å². The number of nitrogens with zero attached hydrogens (tertiary/aromatic N) is 2. The summed E-state index contributed by atoms with van der Waals surface area (Å²) in [5, 5.41) is 11.4. The van der Waals surface area contributed by atoms with Crippen molar-refractivity contribution in [1.82, 2.24) is 14.8 Å². The van der Waals surface area contributed by atoms with E-state index in [1.54, 1.807) is 12.0 Å². The number of hydrogen-bond acceptors (Lipinski definition) is 5. The van der Waals surface area contributed by atoms with Gasteiger partial charge < -0.3 is 24.5 Å². The number of fused-ring (bicyclic) bond motifs is 4. The number of aliphatic hydroxyl groups excluding tert-OH is 1. The second kappa shape index (κ2) is 8.65. The maximum absolute atomic E-state index is 14.5. The highest BCUT2D eigenvalue weighted by molar-refractivity contribution is 5.89. The van der Waals surface area contributed by atoms with Crippen LogP contribution in [0.4, 0.5) is 8.78 Å². The van der Waals surface area contributed by atoms with Crippen molar-refractivity contribution in [3.8, 4) is 5.75 Å². The highest BCUT2D eigenvalue weighted by atomic mass is 19.1. The molecule has 1 amide bonds. The fraction of sp³-hybridized carbons (Fsp3) is 0.400. The number of ether oxygens (including phenoxy) is 2. The minimum atomic E-state index is -0.512. The van der Waals surface area contributed by atoms with Gasteiger partial charge in [0.15, 0.2) is 0 Å². The van der Waals surface area contributed by atoms with Crippen molar-refractivity contribution in [2.75, 3.05) is 47.1 Å². The van der Waals surface area contributed by atoms with E-state index in [1.165, 1.54) is 13.2 Å². The number of likely N-dealkylation sites (tertiary alicyclic amines) is 1. The molecule has 2 N–H and O–H groups in total. The van der Waals surface area contributed by atoms with Crippen LogP contribution in [0.15, 0.2) is 36.4 Å². The minimum absolute atomic E-state index is 0.00546. The van der Waals surface area contributed by atoms with E-state index in [9.17, 15) is 18.7 Å². The molecule has 1 aromatic heterocycles. The number of halogens is 2. The third-order valence-electron chi connectivity index (χ3n) is 7.01. The highest BCUT2D eigenvalue weighted by Crippen LogP contribution is 2.49. The lowest BCUT2D eigenvalue weighted by molar-refractivity contribution is -0.144. The van der Waals surface area contributed by atoms with Crippen molar-refractivity contribution >= 4 is 16.8 Å². The number of carbonyl (C=O) groups excluding carboxylic acids is 1. The standard InChI is InChI=1S/C25H27F2N3O4/c1-33-11-22(32)30-13-25(14-30)12-29(9-15-7-16(26)3-6-19(15)27)21(10-31)24-23(25)18-5-4-17(34-2)8-20(18)28-24/h3-8,21,28,31H,9-14H2,1-2H3/t21-/m0/s1. The molecule has 5 rings (SSSR count). The van der Waals surface area contributed by atoms with Crippen molar-refractivity contribution in [1.29, 1.82) is 0 Å². The Balaban J connectivity index is 1.59. The maximum Gasteiger partial charge on any atom is 0.248 e. The SMILES string of the molecule is COCC(=O)N1CC2(C1)CN(Cc1cc(F)ccc1F)[C@@H](CO)c1[nH]c3cc(OC)ccc3c12. The monoisotopic (exact) mass is 471 g/mol. The summed E-state index contributed by atoms with van der Waals surface area (Å²) in [6, 6.07) is 8.74. The van der Waals surface area contributed by atoms with Crippen molar-refractivity contribution < 1.29 is 28.2 Å². The molecule has 0 saturated carbocycles. The first-order chi connectivity index (χ1) is 16.4. The molecule has 0 unspecified atom stereocenters. The second-order valence-electron chi connectivity index (χ2n) is 9.13. The van der Waals surface area contributed by atoms with Crippen LogP contribution in [0.1, 0.15) is 22.9 Å². The number of benzene rings is 2. The number of nitrogens with one attached hydrogen (secondary N) is 1. The Morgan fingerprint density at radius 1 is 1.18 bits per heavy atom. The van der Waals surface area contributed by atoms with Gasteiger partial charge in [-0.25, -0.2) is 8.78 Å². The Kier molecular flexibility index (Phi) is 5.79. The molecule has 3 aromatic rings. The first kappa shape index (κ1) is 22.8. The van der Waals surface area contributed by atoms with E-state index in [-0.39, 0.29) is 31.2 Å². The number of aliphatic hydroxyl groups is 1. The Morgan fingerprint density at radius 3 is 2.68 bits per heavy atom. The lowest BCUT2D eigenvalue weighted by Gasteiger charge is -2.56. The van der Waals surface area contributed by atoms with Crippen LogP contribution in [0, 0.1) is 11.6 Å². The van der Waals surface area contributed by atoms with Crippen LogP contribution in [0.3, 0.4) is 0 Å². The predicted octanol–water partition coefficient (Wildman–Crippen LogP) is 2.73. The van der Waals surface area contributed by atoms with Gasteiger partial charge in [0.25, 0.3) is 0 Å². The molecule has 1 spiro atoms. The van der Waals surface area contributed by atoms with E-state index >= 15 is 0 Å². The molecule has 2 aromatic carbocycles. The average molecular weight is 472 g/mol. The molecule has 180 valence electrons. The van der Waals surface area contributed by atoms with Gasteiger partial charge in [-0.3, -0.25) is 9.69 Å². The molecular formula is C25H27F2N3O4. The Hall–Kier alpha value is -3.01. The summed E-state index contributed by atoms with van der Waals surface area (Å²) in [6.07, 6.45) is 0. The van der Waals surface area contributed by atoms with E-state index in [2.05, 4.69) is 4.98 Å². The number of rotatable bonds is 6. The summed E-state index contributed by atoms with van der Waals surface area (Å²) in [6.45, 7) is 1.36. The fourth-order valence-corrected chi connectivity index (χ4v) is 5.50. The number of hydrogen-bond donors (Lipinski definition) is 2. The molecule has 0 aliphatic carbocycles. The van der Waals surface area contributed by atoms with E-state index in [0.717, 1.165) is 34.3 Å². The molecule has 9 heteroatoms. The van der Waals surface area contributed by atoms with Crippen molar-refractivity contribution in [2.24, 2.45) is 0 Å². The number of aromatic amines is 1. The summed E-state index contributed by atoms with van der Waals surface area (Å²) in [5.74, 6) is -0.403. The predicted molar refractivity (Wildman–Crippen MR) is 122 cm³/mol. The number of methoxy groups -OCH3 is 2. The molecule has 1 fully saturated rings. The van der Waals surface area contributed by atoms with E-state index < -0.39 is 23.1 Å². The van der Waals surface area contributed by atoms with Gasteiger partial charge in [-0.2, -0.15) is 0 Å². The smallest absolute Gasteiger partial charge is 0.248 e. The molecular weight excluding hydrogens is 444 g/mol. The largest absolute Gasteiger partial charge is 0.497 e. The van der Waals surface area contributed by atoms with Gasteiger partial charge in [0, 0.05) is 66.9 Å². The van der Waals surface area contributed by atoms with Crippen LogP contribution >= 0.6 is 0 Å². The molecule has 34 heavy (non-hydrogen) atoms. The van der Waals surface area contributed by atoms with Crippen LogP contribution in [0.25, 0.3) is 10.9 Å². The molecule has 2 aliphatic rings. The van der Waals surface area contributed by atoms with E-state index in [4.69, 9.17) is 9.47 Å². The summed E-state index contributed by atoms with van der Waals surface area (Å²) in [5.41, 5.74) is 2.56. The molecule has 0 bridgehead atoms. The third kappa shape index (κ3) is 3.64. The first-order valence-corrected chi connectivity index (χ1v) is 11.1. The normalized spacial score (nSPS) is 19.3. The van der Waals surface area contributed by atoms with Gasteiger partial charge in [-0.15, -0.1) is 0 Å². The van der Waals surface area contributed by atoms with Gasteiger partial charge in [0.05, 0.1) is 19.8 Å². The van der Waals surface area contributed by atoms with Crippen LogP contribution < -0.4 is 4.74 Å². The minimum Gasteiger partial charge on any atom is -0.497 e. The number of H-pyrrole nitrogens is 1. The topological polar surface area (TPSA) is 78.0 Å². The lowest BCUT2D eigenvalue weighted by atomic mass is 9.68. The Labute approximate surface area is 195 Å². The zero-order valence-electron chi connectivity index (χ0n) is 19.1. The van der Waals surface area contributed by atoms with Crippen LogP contribution in [-0.2, 0) is 21.5 Å². The molecule has 0 radical (unpaired) electrons. The Bertz CT molecular complexity index is 1240. The van der Waals surface area contributed by atoms with Crippen molar-refractivity contribution in [2.45, 2.75) is 18.0 Å². The zero-order valence-corrected chi connectivity index (χ0v) is 19.1. The summed E-state index contributed by atoms with van der Waals surface area (Å²) >= 11 is 0. The van der Waals surface area contributed by atoms with Gasteiger partial charge in [0.2, 0.25) is 5.91 Å². The molecule has 2 aliphatic heterocycles. The highest BCUT2D eigenvalue weighted by Gasteiger charge is 2.53. The molecule has 7 nitrogen and oxygen atoms in total. The van der Waals surface area contributed by atoms with Gasteiger partial charge in [0.1, 0.15) is 24.0 Å². The van der Waals surface area contributed by atoms with E-state index in [1.807, 2.05) is 23.1 Å². The second-order valence-corrected chi connectivity index (χ2v) is 9.13. The van der Waals surface area contributed by atoms with Crippen LogP contribution in [-0.4, -0.2) is 72.9 Å². The van der Waals surface area contributed by atoms with Gasteiger partial charge in [-0.05, 0) is 35.9 Å². The lowest BCUT2D eigenvalue weighted by Crippen LogP contribution is -2.67. The number of amides is 1. The quantitative estimate of drug-likeness (QED) is 0.578. The zero-order chi connectivity index (χ0) is 24.0. The summed E-state index contributed by atoms with van der Waals surface area (Å²) in [4.78, 5) is 19.6. The maximum atomic E-state index is 14.5. The summed E-state index contributed by atoms with van der Waals surface area (Å²) < 4.78 is 38.8. The number of aromatic nitrogens is 1. The Morgan fingerprint density at radius 2 is 1.97 bits per heavy atom. The average Bonchev–Trinajstić information content (AvgIpc) is 3.18. The third-order valence-corrected chi connectivity index (χ3v) is 7.01. The van der Waals surface area contributed by atoms with Gasteiger partial charge in [-0.1, -0.05) is 0 Å². The molecule has 3 heterocycles. The number of carbonyl (C=O) groups is 1. The van der Waals surface area contributed by atoms with Crippen LogP contribution in [0.5, 0.6) is 5.75 Å². The van der Waals surface area contributed by atoms with Gasteiger partial charge >= 0.3 is 0 Å². The van der Waals surface area contributed by atoms with E-state index in [0.29, 0.717) is 25.4 Å². The first-order valence-electron chi connectivity index (χ1n) is 11.1. The fourth-order valence-electron chi connectivity index (χ4n) is 5.50. The molecule has 1 saturated heterocycles.